The van der Waals surface area contributed by atoms with Crippen LogP contribution in [0.25, 0.3) is 10.8 Å². The second-order valence-corrected chi connectivity index (χ2v) is 11.7. The number of nitrogens with two attached hydrogens (primary N) is 1. The molecule has 1 aromatic heterocycles. The quantitative estimate of drug-likeness (QED) is 0.197. The molecule has 3 aromatic carbocycles. The van der Waals surface area contributed by atoms with Gasteiger partial charge in [0.15, 0.2) is 21.4 Å². The Bertz CT molecular complexity index is 1750. The van der Waals surface area contributed by atoms with Gasteiger partial charge in [-0.1, -0.05) is 13.0 Å². The SMILES string of the molecule is CCOc1cc(C(Nc2ccc3c(N)nccc3c2)C(=O)NCc2cc(NC(C)=O)ccc2S(=O)(=O)CC)ccc1F. The first kappa shape index (κ1) is 30.3. The standard InChI is InChI=1S/C30H32FN5O5S/c1-4-41-26-16-20(6-10-25(26)31)28(36-23-7-9-24-19(14-23)12-13-33-29(24)32)30(38)34-17-21-15-22(35-18(3)37)8-11-27(21)42(39,40)5-2/h6-16,28,36H,4-5,17H2,1-3H3,(H2,32,33)(H,34,38)(H,35,37). The zero-order valence-electron chi connectivity index (χ0n) is 23.4. The Labute approximate surface area is 243 Å². The van der Waals surface area contributed by atoms with Gasteiger partial charge in [-0.05, 0) is 78.0 Å². The first-order valence-electron chi connectivity index (χ1n) is 13.3. The van der Waals surface area contributed by atoms with E-state index in [-0.39, 0.29) is 35.5 Å². The van der Waals surface area contributed by atoms with Gasteiger partial charge >= 0.3 is 0 Å². The highest BCUT2D eigenvalue weighted by Crippen LogP contribution is 2.29. The number of halogens is 1. The molecule has 42 heavy (non-hydrogen) atoms. The van der Waals surface area contributed by atoms with Gasteiger partial charge < -0.3 is 26.4 Å². The lowest BCUT2D eigenvalue weighted by Crippen LogP contribution is -2.33. The Morgan fingerprint density at radius 3 is 2.50 bits per heavy atom. The van der Waals surface area contributed by atoms with E-state index in [2.05, 4.69) is 20.9 Å². The largest absolute Gasteiger partial charge is 0.491 e. The predicted octanol–water partition coefficient (Wildman–Crippen LogP) is 4.58. The fourth-order valence-electron chi connectivity index (χ4n) is 4.47. The summed E-state index contributed by atoms with van der Waals surface area (Å²) in [5, 5.41) is 10.2. The zero-order valence-corrected chi connectivity index (χ0v) is 24.2. The number of ether oxygens (including phenoxy) is 1. The van der Waals surface area contributed by atoms with Crippen molar-refractivity contribution in [3.8, 4) is 5.75 Å². The summed E-state index contributed by atoms with van der Waals surface area (Å²) in [5.74, 6) is -1.19. The van der Waals surface area contributed by atoms with Crippen LogP contribution in [0, 0.1) is 5.82 Å². The zero-order chi connectivity index (χ0) is 30.4. The molecule has 0 fully saturated rings. The molecule has 5 N–H and O–H groups in total. The van der Waals surface area contributed by atoms with Crippen LogP contribution < -0.4 is 26.4 Å². The summed E-state index contributed by atoms with van der Waals surface area (Å²) >= 11 is 0. The van der Waals surface area contributed by atoms with E-state index in [1.165, 1.54) is 50.2 Å². The summed E-state index contributed by atoms with van der Waals surface area (Å²) in [6, 6.07) is 14.7. The van der Waals surface area contributed by atoms with Crippen LogP contribution in [0.2, 0.25) is 0 Å². The number of carbonyl (C=O) groups excluding carboxylic acids is 2. The molecule has 1 atom stereocenters. The van der Waals surface area contributed by atoms with Crippen LogP contribution >= 0.6 is 0 Å². The van der Waals surface area contributed by atoms with Crippen molar-refractivity contribution in [2.45, 2.75) is 38.3 Å². The molecule has 4 rings (SSSR count). The molecule has 0 spiro atoms. The highest BCUT2D eigenvalue weighted by Gasteiger charge is 2.24. The van der Waals surface area contributed by atoms with E-state index >= 15 is 0 Å². The molecule has 0 saturated carbocycles. The van der Waals surface area contributed by atoms with Crippen molar-refractivity contribution in [3.05, 3.63) is 83.8 Å². The summed E-state index contributed by atoms with van der Waals surface area (Å²) in [4.78, 5) is 29.5. The molecule has 12 heteroatoms. The molecular formula is C30H32FN5O5S. The molecule has 0 radical (unpaired) electrons. The highest BCUT2D eigenvalue weighted by atomic mass is 32.2. The van der Waals surface area contributed by atoms with E-state index in [0.29, 0.717) is 28.3 Å². The van der Waals surface area contributed by atoms with Gasteiger partial charge in [0, 0.05) is 36.4 Å². The van der Waals surface area contributed by atoms with Crippen LogP contribution in [-0.2, 0) is 26.0 Å². The van der Waals surface area contributed by atoms with E-state index in [4.69, 9.17) is 10.5 Å². The van der Waals surface area contributed by atoms with Crippen molar-refractivity contribution in [2.24, 2.45) is 0 Å². The maximum absolute atomic E-state index is 14.4. The second-order valence-electron chi connectivity index (χ2n) is 9.46. The first-order valence-corrected chi connectivity index (χ1v) is 14.9. The van der Waals surface area contributed by atoms with Crippen LogP contribution in [0.15, 0.2) is 71.8 Å². The van der Waals surface area contributed by atoms with Crippen LogP contribution in [-0.4, -0.2) is 37.6 Å². The van der Waals surface area contributed by atoms with E-state index in [9.17, 15) is 22.4 Å². The maximum Gasteiger partial charge on any atom is 0.247 e. The molecule has 0 saturated heterocycles. The summed E-state index contributed by atoms with van der Waals surface area (Å²) in [7, 11) is -3.64. The number of hydrogen-bond acceptors (Lipinski definition) is 8. The summed E-state index contributed by atoms with van der Waals surface area (Å²) in [6.07, 6.45) is 1.58. The van der Waals surface area contributed by atoms with E-state index < -0.39 is 27.6 Å². The number of benzene rings is 3. The first-order chi connectivity index (χ1) is 20.0. The fourth-order valence-corrected chi connectivity index (χ4v) is 5.58. The topological polar surface area (TPSA) is 153 Å². The number of carbonyl (C=O) groups is 2. The monoisotopic (exact) mass is 593 g/mol. The average molecular weight is 594 g/mol. The lowest BCUT2D eigenvalue weighted by Gasteiger charge is -2.22. The van der Waals surface area contributed by atoms with Gasteiger partial charge in [-0.2, -0.15) is 0 Å². The molecule has 10 nitrogen and oxygen atoms in total. The summed E-state index contributed by atoms with van der Waals surface area (Å²) in [5.41, 5.74) is 7.67. The van der Waals surface area contributed by atoms with Crippen molar-refractivity contribution >= 4 is 49.6 Å². The molecule has 0 aliphatic carbocycles. The Morgan fingerprint density at radius 1 is 1.02 bits per heavy atom. The van der Waals surface area contributed by atoms with Crippen molar-refractivity contribution in [1.82, 2.24) is 10.3 Å². The molecular weight excluding hydrogens is 561 g/mol. The van der Waals surface area contributed by atoms with Gasteiger partial charge in [0.05, 0.1) is 17.3 Å². The van der Waals surface area contributed by atoms with Gasteiger partial charge in [-0.3, -0.25) is 9.59 Å². The molecule has 0 aliphatic heterocycles. The minimum atomic E-state index is -3.64. The maximum atomic E-state index is 14.4. The number of sulfone groups is 1. The van der Waals surface area contributed by atoms with Gasteiger partial charge in [-0.25, -0.2) is 17.8 Å². The molecule has 1 unspecified atom stereocenters. The van der Waals surface area contributed by atoms with Crippen LogP contribution in [0.4, 0.5) is 21.6 Å². The van der Waals surface area contributed by atoms with Gasteiger partial charge in [0.25, 0.3) is 0 Å². The van der Waals surface area contributed by atoms with Crippen molar-refractivity contribution < 1.29 is 27.1 Å². The van der Waals surface area contributed by atoms with Crippen molar-refractivity contribution in [2.75, 3.05) is 28.7 Å². The third-order valence-electron chi connectivity index (χ3n) is 6.51. The number of nitrogens with zero attached hydrogens (tertiary/aromatic N) is 1. The molecule has 220 valence electrons. The molecule has 4 aromatic rings. The number of anilines is 3. The fraction of sp³-hybridized carbons (Fsp3) is 0.233. The normalized spacial score (nSPS) is 12.0. The van der Waals surface area contributed by atoms with Gasteiger partial charge in [0.2, 0.25) is 11.8 Å². The molecule has 0 aliphatic rings. The number of hydrogen-bond donors (Lipinski definition) is 4. The summed E-state index contributed by atoms with van der Waals surface area (Å²) < 4.78 is 45.4. The lowest BCUT2D eigenvalue weighted by atomic mass is 10.0. The number of rotatable bonds is 11. The second kappa shape index (κ2) is 12.9. The average Bonchev–Trinajstić information content (AvgIpc) is 2.95. The lowest BCUT2D eigenvalue weighted by molar-refractivity contribution is -0.122. The van der Waals surface area contributed by atoms with Gasteiger partial charge in [-0.15, -0.1) is 0 Å². The van der Waals surface area contributed by atoms with E-state index in [1.807, 2.05) is 6.07 Å². The number of nitrogen functional groups attached to an aromatic ring is 1. The number of aromatic nitrogens is 1. The Hall–Kier alpha value is -4.71. The Morgan fingerprint density at radius 2 is 1.79 bits per heavy atom. The van der Waals surface area contributed by atoms with E-state index in [1.54, 1.807) is 31.3 Å². The number of fused-ring (bicyclic) bond motifs is 1. The van der Waals surface area contributed by atoms with Crippen LogP contribution in [0.1, 0.15) is 37.9 Å². The predicted molar refractivity (Wildman–Crippen MR) is 160 cm³/mol. The number of amides is 2. The minimum Gasteiger partial charge on any atom is -0.491 e. The van der Waals surface area contributed by atoms with E-state index in [0.717, 1.165) is 10.8 Å². The molecule has 2 amide bonds. The molecule has 1 heterocycles. The van der Waals surface area contributed by atoms with Gasteiger partial charge in [0.1, 0.15) is 11.9 Å². The van der Waals surface area contributed by atoms with Crippen molar-refractivity contribution in [3.63, 3.8) is 0 Å². The van der Waals surface area contributed by atoms with Crippen LogP contribution in [0.3, 0.4) is 0 Å². The summed E-state index contributed by atoms with van der Waals surface area (Å²) in [6.45, 7) is 4.66. The Balaban J connectivity index is 1.70. The third-order valence-corrected chi connectivity index (χ3v) is 8.33. The van der Waals surface area contributed by atoms with Crippen LogP contribution in [0.5, 0.6) is 5.75 Å². The number of pyridine rings is 1. The number of nitrogens with one attached hydrogen (secondary N) is 3. The Kier molecular flexibility index (Phi) is 9.26. The molecule has 0 bridgehead atoms. The van der Waals surface area contributed by atoms with Crippen molar-refractivity contribution in [1.29, 1.82) is 0 Å². The minimum absolute atomic E-state index is 0.00806. The highest BCUT2D eigenvalue weighted by molar-refractivity contribution is 7.91. The third kappa shape index (κ3) is 6.95. The smallest absolute Gasteiger partial charge is 0.247 e.